The molecule has 1 aromatic heterocycles. The third kappa shape index (κ3) is 6.21. The first-order valence-corrected chi connectivity index (χ1v) is 16.2. The summed E-state index contributed by atoms with van der Waals surface area (Å²) in [5.41, 5.74) is 3.51. The Morgan fingerprint density at radius 3 is 2.48 bits per heavy atom. The van der Waals surface area contributed by atoms with Crippen molar-refractivity contribution < 1.29 is 22.0 Å². The van der Waals surface area contributed by atoms with Crippen molar-refractivity contribution in [1.29, 1.82) is 0 Å². The highest BCUT2D eigenvalue weighted by Crippen LogP contribution is 2.35. The van der Waals surface area contributed by atoms with Crippen LogP contribution < -0.4 is 5.32 Å². The van der Waals surface area contributed by atoms with Crippen LogP contribution in [-0.2, 0) is 33.9 Å². The van der Waals surface area contributed by atoms with Gasteiger partial charge in [0.1, 0.15) is 22.2 Å². The van der Waals surface area contributed by atoms with Crippen molar-refractivity contribution in [2.75, 3.05) is 19.3 Å². The third-order valence-corrected chi connectivity index (χ3v) is 9.18. The van der Waals surface area contributed by atoms with Gasteiger partial charge in [0.15, 0.2) is 21.4 Å². The number of carbonyl (C=O) groups excluding carboxylic acids is 1. The Morgan fingerprint density at radius 2 is 1.79 bits per heavy atom. The van der Waals surface area contributed by atoms with Crippen molar-refractivity contribution in [3.63, 3.8) is 0 Å². The van der Waals surface area contributed by atoms with Gasteiger partial charge in [-0.25, -0.2) is 27.2 Å². The van der Waals surface area contributed by atoms with Crippen molar-refractivity contribution in [1.82, 2.24) is 20.2 Å². The van der Waals surface area contributed by atoms with Crippen molar-refractivity contribution in [3.05, 3.63) is 94.1 Å². The fourth-order valence-electron chi connectivity index (χ4n) is 6.28. The summed E-state index contributed by atoms with van der Waals surface area (Å²) in [6, 6.07) is 10.3. The van der Waals surface area contributed by atoms with Gasteiger partial charge in [0.2, 0.25) is 0 Å². The minimum absolute atomic E-state index is 0.0946. The zero-order chi connectivity index (χ0) is 30.2. The van der Waals surface area contributed by atoms with Gasteiger partial charge in [-0.1, -0.05) is 43.3 Å². The molecule has 7 nitrogen and oxygen atoms in total. The molecular weight excluding hydrogens is 558 g/mol. The van der Waals surface area contributed by atoms with Crippen LogP contribution in [0.1, 0.15) is 61.0 Å². The molecule has 0 bridgehead atoms. The molecule has 1 aliphatic carbocycles. The Labute approximate surface area is 246 Å². The Balaban J connectivity index is 1.39. The highest BCUT2D eigenvalue weighted by Gasteiger charge is 2.31. The lowest BCUT2D eigenvalue weighted by Gasteiger charge is -2.40. The molecule has 0 saturated carbocycles. The minimum Gasteiger partial charge on any atom is -0.309 e. The SMILES string of the molecule is CC[C@H](C(=O)Cc1cccc2c1CC=C2c1nc(Cc2cccc(S(C)(=O)=O)c2F)ncc1F)N1C[C@@H](C)N[C@H](C)C1. The van der Waals surface area contributed by atoms with E-state index >= 15 is 4.39 Å². The Bertz CT molecular complexity index is 1650. The zero-order valence-electron chi connectivity index (χ0n) is 24.3. The van der Waals surface area contributed by atoms with Gasteiger partial charge >= 0.3 is 0 Å². The molecule has 0 spiro atoms. The summed E-state index contributed by atoms with van der Waals surface area (Å²) >= 11 is 0. The number of hydrogen-bond donors (Lipinski definition) is 1. The molecule has 0 unspecified atom stereocenters. The molecule has 222 valence electrons. The first-order valence-electron chi connectivity index (χ1n) is 14.3. The molecule has 2 aliphatic rings. The quantitative estimate of drug-likeness (QED) is 0.395. The number of sulfone groups is 1. The number of benzene rings is 2. The molecule has 5 rings (SSSR count). The van der Waals surface area contributed by atoms with Crippen LogP contribution in [-0.4, -0.2) is 66.5 Å². The predicted molar refractivity (Wildman–Crippen MR) is 158 cm³/mol. The van der Waals surface area contributed by atoms with Gasteiger partial charge in [0.05, 0.1) is 12.2 Å². The number of allylic oxidation sites excluding steroid dienone is 1. The summed E-state index contributed by atoms with van der Waals surface area (Å²) in [4.78, 5) is 23.9. The first-order chi connectivity index (χ1) is 20.0. The second-order valence-corrected chi connectivity index (χ2v) is 13.4. The summed E-state index contributed by atoms with van der Waals surface area (Å²) in [5.74, 6) is -1.13. The average molecular weight is 595 g/mol. The number of hydrogen-bond acceptors (Lipinski definition) is 7. The van der Waals surface area contributed by atoms with Crippen molar-refractivity contribution in [3.8, 4) is 0 Å². The van der Waals surface area contributed by atoms with E-state index < -0.39 is 26.4 Å². The van der Waals surface area contributed by atoms with E-state index in [0.29, 0.717) is 30.5 Å². The molecular formula is C32H36F2N4O3S. The van der Waals surface area contributed by atoms with E-state index in [1.165, 1.54) is 18.2 Å². The lowest BCUT2D eigenvalue weighted by Crippen LogP contribution is -2.58. The maximum Gasteiger partial charge on any atom is 0.178 e. The van der Waals surface area contributed by atoms with Gasteiger partial charge in [-0.2, -0.15) is 0 Å². The maximum absolute atomic E-state index is 15.1. The van der Waals surface area contributed by atoms with Crippen LogP contribution in [0.4, 0.5) is 8.78 Å². The van der Waals surface area contributed by atoms with Gasteiger partial charge in [-0.15, -0.1) is 0 Å². The van der Waals surface area contributed by atoms with Crippen molar-refractivity contribution in [2.24, 2.45) is 0 Å². The lowest BCUT2D eigenvalue weighted by atomic mass is 9.92. The number of carbonyl (C=O) groups is 1. The van der Waals surface area contributed by atoms with E-state index in [1.54, 1.807) is 0 Å². The molecule has 1 N–H and O–H groups in total. The molecule has 42 heavy (non-hydrogen) atoms. The van der Waals surface area contributed by atoms with Crippen LogP contribution >= 0.6 is 0 Å². The molecule has 1 saturated heterocycles. The zero-order valence-corrected chi connectivity index (χ0v) is 25.1. The minimum atomic E-state index is -3.76. The smallest absolute Gasteiger partial charge is 0.178 e. The molecule has 0 amide bonds. The Hall–Kier alpha value is -3.34. The summed E-state index contributed by atoms with van der Waals surface area (Å²) in [6.07, 6.45) is 5.37. The molecule has 3 atom stereocenters. The van der Waals surface area contributed by atoms with Crippen LogP contribution in [0.25, 0.3) is 5.57 Å². The number of ketones is 1. The van der Waals surface area contributed by atoms with E-state index in [0.717, 1.165) is 48.7 Å². The average Bonchev–Trinajstić information content (AvgIpc) is 3.35. The van der Waals surface area contributed by atoms with Crippen LogP contribution in [0.5, 0.6) is 0 Å². The summed E-state index contributed by atoms with van der Waals surface area (Å²) in [6.45, 7) is 7.97. The van der Waals surface area contributed by atoms with Gasteiger partial charge in [0.25, 0.3) is 0 Å². The fourth-order valence-corrected chi connectivity index (χ4v) is 7.06. The number of halogens is 2. The van der Waals surface area contributed by atoms with Crippen LogP contribution in [0.2, 0.25) is 0 Å². The Morgan fingerprint density at radius 1 is 1.10 bits per heavy atom. The number of Topliss-reactive ketones (excluding diaryl/α,β-unsaturated/α-hetero) is 1. The van der Waals surface area contributed by atoms with Crippen LogP contribution in [0.15, 0.2) is 53.6 Å². The van der Waals surface area contributed by atoms with Gasteiger partial charge in [0, 0.05) is 49.8 Å². The van der Waals surface area contributed by atoms with E-state index in [9.17, 15) is 17.6 Å². The fraction of sp³-hybridized carbons (Fsp3) is 0.406. The van der Waals surface area contributed by atoms with E-state index in [-0.39, 0.29) is 35.3 Å². The number of aromatic nitrogens is 2. The van der Waals surface area contributed by atoms with E-state index in [2.05, 4.69) is 34.0 Å². The van der Waals surface area contributed by atoms with Gasteiger partial charge < -0.3 is 5.32 Å². The summed E-state index contributed by atoms with van der Waals surface area (Å²) in [7, 11) is -3.76. The van der Waals surface area contributed by atoms with Crippen LogP contribution in [0.3, 0.4) is 0 Å². The van der Waals surface area contributed by atoms with E-state index in [4.69, 9.17) is 0 Å². The molecule has 1 aliphatic heterocycles. The molecule has 0 radical (unpaired) electrons. The van der Waals surface area contributed by atoms with Gasteiger partial charge in [-0.05, 0) is 55.0 Å². The molecule has 1 fully saturated rings. The van der Waals surface area contributed by atoms with Crippen molar-refractivity contribution in [2.45, 2.75) is 69.5 Å². The topological polar surface area (TPSA) is 92.3 Å². The monoisotopic (exact) mass is 594 g/mol. The number of piperazine rings is 1. The lowest BCUT2D eigenvalue weighted by molar-refractivity contribution is -0.124. The predicted octanol–water partition coefficient (Wildman–Crippen LogP) is 4.31. The molecule has 2 aromatic carbocycles. The normalized spacial score (nSPS) is 19.8. The highest BCUT2D eigenvalue weighted by atomic mass is 32.2. The number of nitrogens with one attached hydrogen (secondary N) is 1. The van der Waals surface area contributed by atoms with Crippen LogP contribution in [0, 0.1) is 11.6 Å². The standard InChI is InChI=1S/C32H36F2N4O3S/c1-5-27(38-17-19(2)36-20(3)18-38)28(39)14-21-8-6-10-24-23(21)12-13-25(24)32-26(33)16-35-30(37-32)15-22-9-7-11-29(31(22)34)42(4,40)41/h6-11,13,16,19-20,27,36H,5,12,14-15,17-18H2,1-4H3/t19-,20-,27-/m1/s1. The second kappa shape index (κ2) is 12.1. The number of fused-ring (bicyclic) bond motifs is 1. The molecule has 10 heteroatoms. The second-order valence-electron chi connectivity index (χ2n) is 11.4. The third-order valence-electron chi connectivity index (χ3n) is 8.06. The van der Waals surface area contributed by atoms with Gasteiger partial charge in [-0.3, -0.25) is 9.69 Å². The maximum atomic E-state index is 15.1. The summed E-state index contributed by atoms with van der Waals surface area (Å²) < 4.78 is 54.0. The van der Waals surface area contributed by atoms with E-state index in [1.807, 2.05) is 31.2 Å². The largest absolute Gasteiger partial charge is 0.309 e. The number of rotatable bonds is 9. The first kappa shape index (κ1) is 30.1. The highest BCUT2D eigenvalue weighted by molar-refractivity contribution is 7.90. The molecule has 3 aromatic rings. The molecule has 2 heterocycles. The number of nitrogens with zero attached hydrogens (tertiary/aromatic N) is 3. The van der Waals surface area contributed by atoms with Crippen molar-refractivity contribution >= 4 is 21.2 Å². The summed E-state index contributed by atoms with van der Waals surface area (Å²) in [5, 5.41) is 3.52. The Kier molecular flexibility index (Phi) is 8.68.